The second-order valence-corrected chi connectivity index (χ2v) is 4.54. The van der Waals surface area contributed by atoms with Crippen LogP contribution in [0.5, 0.6) is 0 Å². The number of ether oxygens (including phenoxy) is 1. The van der Waals surface area contributed by atoms with Crippen LogP contribution in [0.4, 0.5) is 5.69 Å². The second kappa shape index (κ2) is 6.14. The average molecular weight is 280 g/mol. The Kier molecular flexibility index (Phi) is 4.79. The summed E-state index contributed by atoms with van der Waals surface area (Å²) in [6, 6.07) is 3.91. The first-order chi connectivity index (χ1) is 9.23. The van der Waals surface area contributed by atoms with Crippen LogP contribution in [0.15, 0.2) is 18.2 Å². The highest BCUT2D eigenvalue weighted by Gasteiger charge is 2.21. The van der Waals surface area contributed by atoms with E-state index in [9.17, 15) is 19.7 Å². The molecule has 20 heavy (non-hydrogen) atoms. The topological polar surface area (TPSA) is 89.8 Å². The number of likely N-dealkylation sites (N-methyl/N-ethyl adjacent to an activating group) is 1. The third-order valence-electron chi connectivity index (χ3n) is 2.70. The van der Waals surface area contributed by atoms with E-state index in [1.807, 2.05) is 0 Å². The molecular formula is C13H16N2O5. The van der Waals surface area contributed by atoms with Gasteiger partial charge >= 0.3 is 5.97 Å². The summed E-state index contributed by atoms with van der Waals surface area (Å²) in [5.41, 5.74) is 0.460. The standard InChI is InChI=1S/C13H16N2O5/c1-8-7-10(5-6-11(8)15(18)19)13(17)20-9(2)12(16)14(3)4/h5-7,9H,1-4H3/t9-/m0/s1. The lowest BCUT2D eigenvalue weighted by molar-refractivity contribution is -0.385. The number of esters is 1. The molecular weight excluding hydrogens is 264 g/mol. The molecule has 108 valence electrons. The van der Waals surface area contributed by atoms with Gasteiger partial charge in [0.1, 0.15) is 0 Å². The van der Waals surface area contributed by atoms with E-state index in [0.29, 0.717) is 5.56 Å². The van der Waals surface area contributed by atoms with Crippen molar-refractivity contribution in [2.24, 2.45) is 0 Å². The predicted molar refractivity (Wildman–Crippen MR) is 71.4 cm³/mol. The van der Waals surface area contributed by atoms with Crippen LogP contribution in [0.25, 0.3) is 0 Å². The number of nitrogens with zero attached hydrogens (tertiary/aromatic N) is 2. The lowest BCUT2D eigenvalue weighted by atomic mass is 10.1. The van der Waals surface area contributed by atoms with Crippen LogP contribution in [-0.2, 0) is 9.53 Å². The number of hydrogen-bond donors (Lipinski definition) is 0. The van der Waals surface area contributed by atoms with Crippen LogP contribution in [0.2, 0.25) is 0 Å². The van der Waals surface area contributed by atoms with Crippen molar-refractivity contribution in [3.8, 4) is 0 Å². The first-order valence-corrected chi connectivity index (χ1v) is 5.91. The first kappa shape index (κ1) is 15.6. The van der Waals surface area contributed by atoms with Gasteiger partial charge in [0.05, 0.1) is 10.5 Å². The summed E-state index contributed by atoms with van der Waals surface area (Å²) in [6.45, 7) is 3.00. The molecule has 0 bridgehead atoms. The van der Waals surface area contributed by atoms with Gasteiger partial charge in [0.2, 0.25) is 0 Å². The van der Waals surface area contributed by atoms with Crippen LogP contribution in [0.1, 0.15) is 22.8 Å². The molecule has 1 aromatic rings. The molecule has 0 fully saturated rings. The zero-order valence-corrected chi connectivity index (χ0v) is 11.7. The summed E-state index contributed by atoms with van der Waals surface area (Å²) in [7, 11) is 3.12. The molecule has 0 spiro atoms. The van der Waals surface area contributed by atoms with E-state index in [-0.39, 0.29) is 17.2 Å². The van der Waals surface area contributed by atoms with Crippen LogP contribution in [-0.4, -0.2) is 41.9 Å². The predicted octanol–water partition coefficient (Wildman–Crippen LogP) is 1.54. The van der Waals surface area contributed by atoms with Crippen LogP contribution in [0.3, 0.4) is 0 Å². The fourth-order valence-electron chi connectivity index (χ4n) is 1.63. The minimum Gasteiger partial charge on any atom is -0.449 e. The van der Waals surface area contributed by atoms with Crippen LogP contribution < -0.4 is 0 Å². The van der Waals surface area contributed by atoms with Crippen molar-refractivity contribution in [2.45, 2.75) is 20.0 Å². The third-order valence-corrected chi connectivity index (χ3v) is 2.70. The Hall–Kier alpha value is -2.44. The molecule has 1 amide bonds. The number of aryl methyl sites for hydroxylation is 1. The first-order valence-electron chi connectivity index (χ1n) is 5.91. The molecule has 7 nitrogen and oxygen atoms in total. The van der Waals surface area contributed by atoms with E-state index >= 15 is 0 Å². The average Bonchev–Trinajstić information content (AvgIpc) is 2.36. The maximum absolute atomic E-state index is 11.9. The van der Waals surface area contributed by atoms with Crippen molar-refractivity contribution in [2.75, 3.05) is 14.1 Å². The Balaban J connectivity index is 2.86. The molecule has 0 radical (unpaired) electrons. The normalized spacial score (nSPS) is 11.6. The molecule has 0 unspecified atom stereocenters. The molecule has 0 aliphatic heterocycles. The van der Waals surface area contributed by atoms with E-state index in [1.165, 1.54) is 36.9 Å². The van der Waals surface area contributed by atoms with Crippen LogP contribution in [0, 0.1) is 17.0 Å². The third kappa shape index (κ3) is 3.53. The van der Waals surface area contributed by atoms with E-state index in [2.05, 4.69) is 0 Å². The molecule has 0 N–H and O–H groups in total. The van der Waals surface area contributed by atoms with Gasteiger partial charge in [-0.3, -0.25) is 14.9 Å². The fraction of sp³-hybridized carbons (Fsp3) is 0.385. The molecule has 1 rings (SSSR count). The largest absolute Gasteiger partial charge is 0.449 e. The van der Waals surface area contributed by atoms with E-state index in [1.54, 1.807) is 14.1 Å². The number of rotatable bonds is 4. The number of hydrogen-bond acceptors (Lipinski definition) is 5. The Morgan fingerprint density at radius 2 is 1.95 bits per heavy atom. The van der Waals surface area contributed by atoms with Gasteiger partial charge in [-0.25, -0.2) is 4.79 Å². The number of benzene rings is 1. The summed E-state index contributed by atoms with van der Waals surface area (Å²) >= 11 is 0. The van der Waals surface area contributed by atoms with Crippen molar-refractivity contribution >= 4 is 17.6 Å². The summed E-state index contributed by atoms with van der Waals surface area (Å²) in [5, 5.41) is 10.7. The zero-order chi connectivity index (χ0) is 15.4. The summed E-state index contributed by atoms with van der Waals surface area (Å²) in [5.74, 6) is -1.03. The molecule has 7 heteroatoms. The molecule has 0 heterocycles. The number of carbonyl (C=O) groups excluding carboxylic acids is 2. The molecule has 0 saturated heterocycles. The number of amides is 1. The quantitative estimate of drug-likeness (QED) is 0.474. The van der Waals surface area contributed by atoms with Gasteiger partial charge in [-0.1, -0.05) is 0 Å². The summed E-state index contributed by atoms with van der Waals surface area (Å²) < 4.78 is 5.01. The lowest BCUT2D eigenvalue weighted by Gasteiger charge is -2.17. The Morgan fingerprint density at radius 3 is 2.40 bits per heavy atom. The summed E-state index contributed by atoms with van der Waals surface area (Å²) in [4.78, 5) is 34.9. The number of nitro groups is 1. The van der Waals surface area contributed by atoms with Gasteiger partial charge in [-0.2, -0.15) is 0 Å². The Bertz CT molecular complexity index is 554. The highest BCUT2D eigenvalue weighted by Crippen LogP contribution is 2.19. The van der Waals surface area contributed by atoms with Gasteiger partial charge in [0, 0.05) is 25.7 Å². The van der Waals surface area contributed by atoms with Crippen molar-refractivity contribution in [3.63, 3.8) is 0 Å². The molecule has 1 atom stereocenters. The van der Waals surface area contributed by atoms with E-state index < -0.39 is 17.0 Å². The fourth-order valence-corrected chi connectivity index (χ4v) is 1.63. The maximum Gasteiger partial charge on any atom is 0.338 e. The second-order valence-electron chi connectivity index (χ2n) is 4.54. The molecule has 1 aromatic carbocycles. The Morgan fingerprint density at radius 1 is 1.35 bits per heavy atom. The molecule has 0 aliphatic carbocycles. The van der Waals surface area contributed by atoms with Crippen molar-refractivity contribution in [1.82, 2.24) is 4.90 Å². The zero-order valence-electron chi connectivity index (χ0n) is 11.7. The minimum absolute atomic E-state index is 0.0704. The summed E-state index contributed by atoms with van der Waals surface area (Å²) in [6.07, 6.45) is -0.909. The maximum atomic E-state index is 11.9. The van der Waals surface area contributed by atoms with Crippen molar-refractivity contribution < 1.29 is 19.2 Å². The lowest BCUT2D eigenvalue weighted by Crippen LogP contribution is -2.34. The van der Waals surface area contributed by atoms with Gasteiger partial charge in [-0.05, 0) is 26.0 Å². The van der Waals surface area contributed by atoms with Gasteiger partial charge in [-0.15, -0.1) is 0 Å². The number of nitro benzene ring substituents is 1. The van der Waals surface area contributed by atoms with E-state index in [4.69, 9.17) is 4.74 Å². The van der Waals surface area contributed by atoms with Gasteiger partial charge in [0.25, 0.3) is 11.6 Å². The molecule has 0 aliphatic rings. The molecule has 0 aromatic heterocycles. The smallest absolute Gasteiger partial charge is 0.338 e. The van der Waals surface area contributed by atoms with Gasteiger partial charge in [0.15, 0.2) is 6.10 Å². The van der Waals surface area contributed by atoms with Crippen LogP contribution >= 0.6 is 0 Å². The monoisotopic (exact) mass is 280 g/mol. The van der Waals surface area contributed by atoms with Gasteiger partial charge < -0.3 is 9.64 Å². The van der Waals surface area contributed by atoms with Crippen molar-refractivity contribution in [3.05, 3.63) is 39.4 Å². The molecule has 0 saturated carbocycles. The van der Waals surface area contributed by atoms with E-state index in [0.717, 1.165) is 0 Å². The number of carbonyl (C=O) groups is 2. The Labute approximate surface area is 116 Å². The van der Waals surface area contributed by atoms with Crippen molar-refractivity contribution in [1.29, 1.82) is 0 Å². The SMILES string of the molecule is Cc1cc(C(=O)O[C@@H](C)C(=O)N(C)C)ccc1[N+](=O)[O-]. The highest BCUT2D eigenvalue weighted by molar-refractivity contribution is 5.92. The highest BCUT2D eigenvalue weighted by atomic mass is 16.6. The minimum atomic E-state index is -0.909.